The zero-order valence-corrected chi connectivity index (χ0v) is 15.1. The molecule has 0 radical (unpaired) electrons. The van der Waals surface area contributed by atoms with Crippen molar-refractivity contribution < 1.29 is 13.5 Å². The topological polar surface area (TPSA) is 54.4 Å². The summed E-state index contributed by atoms with van der Waals surface area (Å²) < 4.78 is 22.8. The summed E-state index contributed by atoms with van der Waals surface area (Å²) in [6.07, 6.45) is 12.5. The Bertz CT molecular complexity index is 355. The maximum atomic E-state index is 11.4. The quantitative estimate of drug-likeness (QED) is 0.551. The Morgan fingerprint density at radius 3 is 1.90 bits per heavy atom. The monoisotopic (exact) mass is 336 g/mol. The van der Waals surface area contributed by atoms with Gasteiger partial charge in [0.1, 0.15) is 0 Å². The summed E-state index contributed by atoms with van der Waals surface area (Å²) in [6.45, 7) is 2.25. The number of aliphatic hydroxyl groups excluding tert-OH is 1. The molecule has 1 fully saturated rings. The van der Waals surface area contributed by atoms with Crippen LogP contribution in [0.4, 0.5) is 0 Å². The Hall–Kier alpha value is 0.260. The second-order valence-electron chi connectivity index (χ2n) is 6.24. The third kappa shape index (κ3) is 9.09. The Morgan fingerprint density at radius 2 is 1.43 bits per heavy atom. The van der Waals surface area contributed by atoms with Crippen LogP contribution < -0.4 is 0 Å². The number of hydrogen-bond acceptors (Lipinski definition) is 4. The minimum Gasteiger partial charge on any atom is -0.391 e. The molecule has 3 nitrogen and oxygen atoms in total. The Morgan fingerprint density at radius 1 is 0.905 bits per heavy atom. The van der Waals surface area contributed by atoms with E-state index in [1.54, 1.807) is 11.8 Å². The van der Waals surface area contributed by atoms with E-state index in [2.05, 4.69) is 6.92 Å². The summed E-state index contributed by atoms with van der Waals surface area (Å²) in [7, 11) is -2.98. The molecule has 21 heavy (non-hydrogen) atoms. The third-order valence-electron chi connectivity index (χ3n) is 4.10. The molecule has 1 rings (SSSR count). The van der Waals surface area contributed by atoms with Crippen molar-refractivity contribution in [3.63, 3.8) is 0 Å². The molecule has 1 aliphatic heterocycles. The average Bonchev–Trinajstić information content (AvgIpc) is 2.69. The van der Waals surface area contributed by atoms with E-state index >= 15 is 0 Å². The van der Waals surface area contributed by atoms with E-state index in [1.165, 1.54) is 57.8 Å². The van der Waals surface area contributed by atoms with Crippen LogP contribution in [0, 0.1) is 0 Å². The van der Waals surface area contributed by atoms with Crippen LogP contribution in [-0.2, 0) is 9.84 Å². The number of hydrogen-bond donors (Lipinski definition) is 1. The zero-order chi connectivity index (χ0) is 15.6. The lowest BCUT2D eigenvalue weighted by Gasteiger charge is -2.11. The predicted octanol–water partition coefficient (Wildman–Crippen LogP) is 3.80. The summed E-state index contributed by atoms with van der Waals surface area (Å²) in [5.41, 5.74) is 0. The van der Waals surface area contributed by atoms with Gasteiger partial charge in [-0.3, -0.25) is 0 Å². The highest BCUT2D eigenvalue weighted by Crippen LogP contribution is 2.26. The summed E-state index contributed by atoms with van der Waals surface area (Å²) in [4.78, 5) is 0. The predicted molar refractivity (Wildman–Crippen MR) is 92.8 cm³/mol. The van der Waals surface area contributed by atoms with Crippen molar-refractivity contribution in [2.75, 3.05) is 17.3 Å². The lowest BCUT2D eigenvalue weighted by atomic mass is 10.1. The number of thioether (sulfide) groups is 1. The highest BCUT2D eigenvalue weighted by atomic mass is 32.2. The van der Waals surface area contributed by atoms with Gasteiger partial charge in [0, 0.05) is 5.25 Å². The van der Waals surface area contributed by atoms with Crippen LogP contribution in [0.2, 0.25) is 0 Å². The van der Waals surface area contributed by atoms with Gasteiger partial charge >= 0.3 is 0 Å². The Labute approximate surface area is 135 Å². The van der Waals surface area contributed by atoms with Gasteiger partial charge in [0.15, 0.2) is 9.84 Å². The average molecular weight is 337 g/mol. The van der Waals surface area contributed by atoms with Gasteiger partial charge in [-0.2, -0.15) is 11.8 Å². The standard InChI is InChI=1S/C16H32O3S2/c1-2-3-4-5-6-7-8-9-10-11-12-20-16-14-21(18,19)13-15(16)17/h15-17H,2-14H2,1H3/t15-,16-/m1/s1. The summed E-state index contributed by atoms with van der Waals surface area (Å²) in [5.74, 6) is 1.10. The largest absolute Gasteiger partial charge is 0.391 e. The van der Waals surface area contributed by atoms with Gasteiger partial charge in [0.05, 0.1) is 17.6 Å². The van der Waals surface area contributed by atoms with E-state index in [9.17, 15) is 13.5 Å². The van der Waals surface area contributed by atoms with E-state index in [0.717, 1.165) is 12.2 Å². The molecule has 126 valence electrons. The van der Waals surface area contributed by atoms with Gasteiger partial charge in [-0.25, -0.2) is 8.42 Å². The fourth-order valence-electron chi connectivity index (χ4n) is 2.78. The Balaban J connectivity index is 1.87. The molecular formula is C16H32O3S2. The van der Waals surface area contributed by atoms with Crippen molar-refractivity contribution in [1.82, 2.24) is 0 Å². The first-order valence-electron chi connectivity index (χ1n) is 8.55. The van der Waals surface area contributed by atoms with Gasteiger partial charge < -0.3 is 5.11 Å². The molecule has 1 saturated heterocycles. The van der Waals surface area contributed by atoms with E-state index in [-0.39, 0.29) is 16.8 Å². The first-order valence-corrected chi connectivity index (χ1v) is 11.4. The summed E-state index contributed by atoms with van der Waals surface area (Å²) in [5, 5.41) is 9.60. The highest BCUT2D eigenvalue weighted by Gasteiger charge is 2.36. The first kappa shape index (κ1) is 19.3. The molecule has 0 bridgehead atoms. The number of sulfone groups is 1. The van der Waals surface area contributed by atoms with Gasteiger partial charge in [0.25, 0.3) is 0 Å². The third-order valence-corrected chi connectivity index (χ3v) is 7.46. The van der Waals surface area contributed by atoms with Crippen molar-refractivity contribution in [2.24, 2.45) is 0 Å². The lowest BCUT2D eigenvalue weighted by molar-refractivity contribution is 0.207. The van der Waals surface area contributed by atoms with Gasteiger partial charge in [0.2, 0.25) is 0 Å². The molecule has 0 aromatic rings. The van der Waals surface area contributed by atoms with Gasteiger partial charge in [-0.05, 0) is 12.2 Å². The van der Waals surface area contributed by atoms with E-state index < -0.39 is 15.9 Å². The number of rotatable bonds is 12. The van der Waals surface area contributed by atoms with E-state index in [4.69, 9.17) is 0 Å². The van der Waals surface area contributed by atoms with Crippen LogP contribution in [0.5, 0.6) is 0 Å². The molecule has 0 amide bonds. The smallest absolute Gasteiger partial charge is 0.154 e. The molecule has 1 aliphatic rings. The van der Waals surface area contributed by atoms with Crippen LogP contribution in [0.3, 0.4) is 0 Å². The highest BCUT2D eigenvalue weighted by molar-refractivity contribution is 8.01. The van der Waals surface area contributed by atoms with Crippen LogP contribution in [0.15, 0.2) is 0 Å². The van der Waals surface area contributed by atoms with Crippen LogP contribution in [0.1, 0.15) is 71.1 Å². The van der Waals surface area contributed by atoms with Crippen molar-refractivity contribution in [1.29, 1.82) is 0 Å². The second-order valence-corrected chi connectivity index (χ2v) is 9.74. The van der Waals surface area contributed by atoms with Gasteiger partial charge in [-0.15, -0.1) is 0 Å². The molecule has 2 atom stereocenters. The van der Waals surface area contributed by atoms with E-state index in [1.807, 2.05) is 0 Å². The number of aliphatic hydroxyl groups is 1. The minimum absolute atomic E-state index is 0.0390. The molecule has 0 aromatic carbocycles. The van der Waals surface area contributed by atoms with Gasteiger partial charge in [-0.1, -0.05) is 64.7 Å². The fourth-order valence-corrected chi connectivity index (χ4v) is 6.51. The molecule has 1 N–H and O–H groups in total. The summed E-state index contributed by atoms with van der Waals surface area (Å²) in [6, 6.07) is 0. The molecular weight excluding hydrogens is 304 g/mol. The molecule has 0 aliphatic carbocycles. The number of unbranched alkanes of at least 4 members (excludes halogenated alkanes) is 9. The van der Waals surface area contributed by atoms with Crippen molar-refractivity contribution in [3.8, 4) is 0 Å². The van der Waals surface area contributed by atoms with Crippen molar-refractivity contribution in [2.45, 2.75) is 82.5 Å². The molecule has 5 heteroatoms. The Kier molecular flexibility index (Phi) is 10.0. The van der Waals surface area contributed by atoms with Crippen molar-refractivity contribution >= 4 is 21.6 Å². The van der Waals surface area contributed by atoms with Crippen molar-refractivity contribution in [3.05, 3.63) is 0 Å². The maximum Gasteiger partial charge on any atom is 0.154 e. The van der Waals surface area contributed by atoms with Crippen LogP contribution >= 0.6 is 11.8 Å². The normalized spacial score (nSPS) is 24.5. The molecule has 0 aromatic heterocycles. The summed E-state index contributed by atoms with van der Waals surface area (Å²) >= 11 is 1.64. The lowest BCUT2D eigenvalue weighted by Crippen LogP contribution is -2.20. The maximum absolute atomic E-state index is 11.4. The van der Waals surface area contributed by atoms with Crippen LogP contribution in [-0.4, -0.2) is 42.1 Å². The molecule has 1 heterocycles. The second kappa shape index (κ2) is 10.9. The van der Waals surface area contributed by atoms with Crippen LogP contribution in [0.25, 0.3) is 0 Å². The fraction of sp³-hybridized carbons (Fsp3) is 1.00. The zero-order valence-electron chi connectivity index (χ0n) is 13.4. The molecule has 0 spiro atoms. The molecule has 0 unspecified atom stereocenters. The van der Waals surface area contributed by atoms with E-state index in [0.29, 0.717) is 0 Å². The first-order chi connectivity index (χ1) is 10.0. The SMILES string of the molecule is CCCCCCCCCCCCS[C@@H]1CS(=O)(=O)C[C@H]1O. The molecule has 0 saturated carbocycles. The minimum atomic E-state index is -2.98.